The van der Waals surface area contributed by atoms with E-state index in [-0.39, 0.29) is 0 Å². The molecule has 2 N–H and O–H groups in total. The zero-order valence-electron chi connectivity index (χ0n) is 12.6. The Morgan fingerprint density at radius 2 is 2.00 bits per heavy atom. The van der Waals surface area contributed by atoms with E-state index < -0.39 is 0 Å². The third-order valence-corrected chi connectivity index (χ3v) is 5.41. The lowest BCUT2D eigenvalue weighted by Crippen LogP contribution is -2.18. The Bertz CT molecular complexity index is 470. The lowest BCUT2D eigenvalue weighted by Gasteiger charge is -2.17. The average Bonchev–Trinajstić information content (AvgIpc) is 2.88. The van der Waals surface area contributed by atoms with Gasteiger partial charge in [0.2, 0.25) is 0 Å². The van der Waals surface area contributed by atoms with Gasteiger partial charge in [-0.1, -0.05) is 37.0 Å². The maximum Gasteiger partial charge on any atom is 0.147 e. The molecule has 6 heteroatoms. The number of nitrogens with one attached hydrogen (secondary N) is 2. The first-order valence-corrected chi connectivity index (χ1v) is 9.42. The molecule has 2 atom stereocenters. The van der Waals surface area contributed by atoms with Crippen LogP contribution in [0.4, 0.5) is 11.6 Å². The molecule has 118 valence electrons. The molecule has 0 aliphatic heterocycles. The third kappa shape index (κ3) is 4.83. The van der Waals surface area contributed by atoms with Gasteiger partial charge in [-0.25, -0.2) is 4.98 Å². The number of nitrogens with zero attached hydrogens (tertiary/aromatic N) is 1. The maximum atomic E-state index is 6.27. The van der Waals surface area contributed by atoms with Crippen molar-refractivity contribution < 1.29 is 0 Å². The zero-order chi connectivity index (χ0) is 15.2. The van der Waals surface area contributed by atoms with Gasteiger partial charge in [0.1, 0.15) is 11.6 Å². The molecular formula is C15H23Cl2N3S. The molecule has 0 spiro atoms. The Kier molecular flexibility index (Phi) is 6.77. The van der Waals surface area contributed by atoms with Crippen LogP contribution in [-0.4, -0.2) is 28.6 Å². The summed E-state index contributed by atoms with van der Waals surface area (Å²) in [5, 5.41) is 8.65. The fourth-order valence-electron chi connectivity index (χ4n) is 2.59. The highest BCUT2D eigenvalue weighted by atomic mass is 35.5. The predicted octanol–water partition coefficient (Wildman–Crippen LogP) is 5.30. The van der Waals surface area contributed by atoms with Crippen molar-refractivity contribution in [2.45, 2.75) is 50.8 Å². The molecule has 0 bridgehead atoms. The molecule has 1 heterocycles. The number of anilines is 2. The molecule has 2 rings (SSSR count). The summed E-state index contributed by atoms with van der Waals surface area (Å²) in [5.41, 5.74) is 0. The second-order valence-corrected chi connectivity index (χ2v) is 7.70. The van der Waals surface area contributed by atoms with Crippen molar-refractivity contribution in [3.05, 3.63) is 16.1 Å². The van der Waals surface area contributed by atoms with Crippen LogP contribution in [0.1, 0.15) is 39.5 Å². The highest BCUT2D eigenvalue weighted by molar-refractivity contribution is 7.99. The van der Waals surface area contributed by atoms with Crippen LogP contribution < -0.4 is 10.6 Å². The van der Waals surface area contributed by atoms with E-state index in [0.29, 0.717) is 21.9 Å². The minimum absolute atomic E-state index is 0.458. The van der Waals surface area contributed by atoms with Gasteiger partial charge < -0.3 is 10.6 Å². The summed E-state index contributed by atoms with van der Waals surface area (Å²) in [6.07, 6.45) is 4.65. The lowest BCUT2D eigenvalue weighted by atomic mass is 10.2. The summed E-state index contributed by atoms with van der Waals surface area (Å²) < 4.78 is 0. The predicted molar refractivity (Wildman–Crippen MR) is 96.2 cm³/mol. The Labute approximate surface area is 141 Å². The first kappa shape index (κ1) is 17.0. The second kappa shape index (κ2) is 8.35. The van der Waals surface area contributed by atoms with E-state index >= 15 is 0 Å². The van der Waals surface area contributed by atoms with Crippen molar-refractivity contribution in [1.82, 2.24) is 4.98 Å². The van der Waals surface area contributed by atoms with Crippen molar-refractivity contribution >= 4 is 46.6 Å². The maximum absolute atomic E-state index is 6.27. The minimum atomic E-state index is 0.458. The topological polar surface area (TPSA) is 37.0 Å². The van der Waals surface area contributed by atoms with Crippen molar-refractivity contribution in [3.63, 3.8) is 0 Å². The van der Waals surface area contributed by atoms with Crippen molar-refractivity contribution in [3.8, 4) is 0 Å². The number of hydrogen-bond acceptors (Lipinski definition) is 4. The van der Waals surface area contributed by atoms with Crippen molar-refractivity contribution in [1.29, 1.82) is 0 Å². The number of pyridine rings is 1. The molecule has 0 amide bonds. The molecule has 2 unspecified atom stereocenters. The lowest BCUT2D eigenvalue weighted by molar-refractivity contribution is 0.752. The van der Waals surface area contributed by atoms with Crippen LogP contribution in [-0.2, 0) is 0 Å². The monoisotopic (exact) mass is 347 g/mol. The summed E-state index contributed by atoms with van der Waals surface area (Å²) in [6.45, 7) is 5.18. The zero-order valence-corrected chi connectivity index (χ0v) is 14.9. The molecule has 1 aliphatic carbocycles. The van der Waals surface area contributed by atoms with Crippen LogP contribution in [0, 0.1) is 0 Å². The van der Waals surface area contributed by atoms with Gasteiger partial charge in [-0.05, 0) is 37.5 Å². The molecule has 1 aromatic rings. The Morgan fingerprint density at radius 1 is 1.24 bits per heavy atom. The minimum Gasteiger partial charge on any atom is -0.369 e. The molecule has 3 nitrogen and oxygen atoms in total. The van der Waals surface area contributed by atoms with E-state index in [4.69, 9.17) is 23.2 Å². The molecule has 0 saturated heterocycles. The van der Waals surface area contributed by atoms with Gasteiger partial charge >= 0.3 is 0 Å². The van der Waals surface area contributed by atoms with Gasteiger partial charge in [-0.15, -0.1) is 0 Å². The molecule has 1 aliphatic rings. The smallest absolute Gasteiger partial charge is 0.147 e. The standard InChI is InChI=1S/C15H23Cl2N3S/c1-3-7-18-14-12(16)9-13(17)15(20-14)19-10-5-6-11(8-10)21-4-2/h9-11H,3-8H2,1-2H3,(H2,18,19,20). The summed E-state index contributed by atoms with van der Waals surface area (Å²) in [5.74, 6) is 2.64. The van der Waals surface area contributed by atoms with E-state index in [0.717, 1.165) is 24.0 Å². The molecule has 21 heavy (non-hydrogen) atoms. The molecule has 1 saturated carbocycles. The van der Waals surface area contributed by atoms with Crippen LogP contribution in [0.15, 0.2) is 6.07 Å². The number of rotatable bonds is 7. The molecule has 1 aromatic heterocycles. The second-order valence-electron chi connectivity index (χ2n) is 5.31. The normalized spacial score (nSPS) is 21.5. The third-order valence-electron chi connectivity index (χ3n) is 3.60. The van der Waals surface area contributed by atoms with Gasteiger partial charge in [0, 0.05) is 17.8 Å². The molecular weight excluding hydrogens is 325 g/mol. The van der Waals surface area contributed by atoms with E-state index in [1.165, 1.54) is 25.0 Å². The number of aromatic nitrogens is 1. The largest absolute Gasteiger partial charge is 0.369 e. The van der Waals surface area contributed by atoms with Crippen LogP contribution in [0.3, 0.4) is 0 Å². The Balaban J connectivity index is 2.02. The summed E-state index contributed by atoms with van der Waals surface area (Å²) in [4.78, 5) is 4.55. The molecule has 1 fully saturated rings. The SMILES string of the molecule is CCCNc1nc(NC2CCC(SCC)C2)c(Cl)cc1Cl. The van der Waals surface area contributed by atoms with Gasteiger partial charge in [-0.2, -0.15) is 11.8 Å². The first-order valence-electron chi connectivity index (χ1n) is 7.62. The van der Waals surface area contributed by atoms with Gasteiger partial charge in [0.25, 0.3) is 0 Å². The first-order chi connectivity index (χ1) is 10.1. The quantitative estimate of drug-likeness (QED) is 0.701. The van der Waals surface area contributed by atoms with Crippen LogP contribution in [0.5, 0.6) is 0 Å². The van der Waals surface area contributed by atoms with E-state index in [1.54, 1.807) is 6.07 Å². The molecule has 0 radical (unpaired) electrons. The number of halogens is 2. The van der Waals surface area contributed by atoms with Gasteiger partial charge in [0.05, 0.1) is 10.0 Å². The van der Waals surface area contributed by atoms with E-state index in [2.05, 4.69) is 29.5 Å². The summed E-state index contributed by atoms with van der Waals surface area (Å²) in [6, 6.07) is 2.23. The number of hydrogen-bond donors (Lipinski definition) is 2. The highest BCUT2D eigenvalue weighted by Crippen LogP contribution is 2.34. The molecule has 0 aromatic carbocycles. The summed E-state index contributed by atoms with van der Waals surface area (Å²) in [7, 11) is 0. The van der Waals surface area contributed by atoms with E-state index in [9.17, 15) is 0 Å². The van der Waals surface area contributed by atoms with Crippen LogP contribution in [0.2, 0.25) is 10.0 Å². The fourth-order valence-corrected chi connectivity index (χ4v) is 4.21. The van der Waals surface area contributed by atoms with Crippen LogP contribution in [0.25, 0.3) is 0 Å². The average molecular weight is 348 g/mol. The van der Waals surface area contributed by atoms with Crippen molar-refractivity contribution in [2.24, 2.45) is 0 Å². The fraction of sp³-hybridized carbons (Fsp3) is 0.667. The van der Waals surface area contributed by atoms with Gasteiger partial charge in [0.15, 0.2) is 0 Å². The highest BCUT2D eigenvalue weighted by Gasteiger charge is 2.25. The van der Waals surface area contributed by atoms with E-state index in [1.807, 2.05) is 11.8 Å². The van der Waals surface area contributed by atoms with Gasteiger partial charge in [-0.3, -0.25) is 0 Å². The van der Waals surface area contributed by atoms with Crippen molar-refractivity contribution in [2.75, 3.05) is 22.9 Å². The Morgan fingerprint density at radius 3 is 2.71 bits per heavy atom. The summed E-state index contributed by atoms with van der Waals surface area (Å²) >= 11 is 14.5. The number of thioether (sulfide) groups is 1. The Hall–Kier alpha value is -0.320. The van der Waals surface area contributed by atoms with Crippen LogP contribution >= 0.6 is 35.0 Å².